The molecule has 0 radical (unpaired) electrons. The highest BCUT2D eigenvalue weighted by atomic mass is 16.4. The molecule has 0 aromatic heterocycles. The molecule has 0 aromatic carbocycles. The molecule has 1 aliphatic rings. The van der Waals surface area contributed by atoms with Gasteiger partial charge >= 0.3 is 12.0 Å². The van der Waals surface area contributed by atoms with Gasteiger partial charge < -0.3 is 20.2 Å². The highest BCUT2D eigenvalue weighted by Crippen LogP contribution is 2.19. The molecule has 18 heavy (non-hydrogen) atoms. The lowest BCUT2D eigenvalue weighted by atomic mass is 10.1. The fraction of sp³-hybridized carbons (Fsp3) is 0.833. The quantitative estimate of drug-likeness (QED) is 0.766. The predicted molar refractivity (Wildman–Crippen MR) is 68.5 cm³/mol. The number of aliphatic carboxylic acids is 1. The van der Waals surface area contributed by atoms with Gasteiger partial charge in [0.1, 0.15) is 6.04 Å². The maximum Gasteiger partial charge on any atom is 0.326 e. The van der Waals surface area contributed by atoms with Gasteiger partial charge in [-0.1, -0.05) is 13.8 Å². The molecular formula is C12H23N3O3. The van der Waals surface area contributed by atoms with Crippen LogP contribution in [0.2, 0.25) is 0 Å². The van der Waals surface area contributed by atoms with Gasteiger partial charge in [-0.25, -0.2) is 9.59 Å². The summed E-state index contributed by atoms with van der Waals surface area (Å²) in [7, 11) is 3.99. The van der Waals surface area contributed by atoms with E-state index in [4.69, 9.17) is 5.11 Å². The molecule has 1 saturated heterocycles. The molecule has 1 rings (SSSR count). The van der Waals surface area contributed by atoms with Gasteiger partial charge in [0.2, 0.25) is 0 Å². The zero-order valence-corrected chi connectivity index (χ0v) is 11.5. The first kappa shape index (κ1) is 14.8. The number of carbonyl (C=O) groups is 2. The molecule has 6 nitrogen and oxygen atoms in total. The third-order valence-electron chi connectivity index (χ3n) is 3.53. The van der Waals surface area contributed by atoms with Gasteiger partial charge in [-0.15, -0.1) is 0 Å². The molecule has 104 valence electrons. The Kier molecular flexibility index (Phi) is 4.95. The number of carboxylic acids is 1. The SMILES string of the molecule is CCC(NC(=O)N1CC(C)C(N(C)C)C1)C(=O)O. The van der Waals surface area contributed by atoms with E-state index in [1.165, 1.54) is 0 Å². The van der Waals surface area contributed by atoms with Gasteiger partial charge in [0.25, 0.3) is 0 Å². The second-order valence-corrected chi connectivity index (χ2v) is 5.16. The number of likely N-dealkylation sites (tertiary alicyclic amines) is 1. The molecule has 1 fully saturated rings. The molecule has 0 saturated carbocycles. The van der Waals surface area contributed by atoms with Gasteiger partial charge in [0.15, 0.2) is 0 Å². The summed E-state index contributed by atoms with van der Waals surface area (Å²) in [5.74, 6) is -0.585. The van der Waals surface area contributed by atoms with Crippen LogP contribution in [0.5, 0.6) is 0 Å². The Bertz CT molecular complexity index is 320. The summed E-state index contributed by atoms with van der Waals surface area (Å²) in [5, 5.41) is 11.5. The average Bonchev–Trinajstić information content (AvgIpc) is 2.67. The van der Waals surface area contributed by atoms with Crippen molar-refractivity contribution >= 4 is 12.0 Å². The minimum absolute atomic E-state index is 0.277. The Labute approximate surface area is 108 Å². The normalized spacial score (nSPS) is 25.3. The van der Waals surface area contributed by atoms with E-state index in [-0.39, 0.29) is 6.03 Å². The highest BCUT2D eigenvalue weighted by Gasteiger charge is 2.34. The van der Waals surface area contributed by atoms with Crippen molar-refractivity contribution in [3.05, 3.63) is 0 Å². The minimum Gasteiger partial charge on any atom is -0.480 e. The Morgan fingerprint density at radius 1 is 1.44 bits per heavy atom. The Morgan fingerprint density at radius 2 is 2.06 bits per heavy atom. The number of likely N-dealkylation sites (N-methyl/N-ethyl adjacent to an activating group) is 1. The van der Waals surface area contributed by atoms with Crippen LogP contribution in [0, 0.1) is 5.92 Å². The number of amides is 2. The van der Waals surface area contributed by atoms with E-state index < -0.39 is 12.0 Å². The van der Waals surface area contributed by atoms with Crippen molar-refractivity contribution in [3.63, 3.8) is 0 Å². The average molecular weight is 257 g/mol. The summed E-state index contributed by atoms with van der Waals surface area (Å²) in [6.45, 7) is 5.17. The summed E-state index contributed by atoms with van der Waals surface area (Å²) >= 11 is 0. The van der Waals surface area contributed by atoms with Gasteiger partial charge in [0.05, 0.1) is 0 Å². The lowest BCUT2D eigenvalue weighted by Crippen LogP contribution is -2.47. The molecule has 3 atom stereocenters. The summed E-state index contributed by atoms with van der Waals surface area (Å²) in [5.41, 5.74) is 0. The van der Waals surface area contributed by atoms with Crippen LogP contribution in [0.15, 0.2) is 0 Å². The second kappa shape index (κ2) is 6.04. The summed E-state index contributed by atoms with van der Waals surface area (Å²) in [6.07, 6.45) is 0.390. The zero-order valence-electron chi connectivity index (χ0n) is 11.5. The first-order valence-corrected chi connectivity index (χ1v) is 6.31. The van der Waals surface area contributed by atoms with E-state index in [2.05, 4.69) is 17.1 Å². The number of carboxylic acid groups (broad SMARTS) is 1. The number of urea groups is 1. The smallest absolute Gasteiger partial charge is 0.326 e. The molecule has 1 aliphatic heterocycles. The van der Waals surface area contributed by atoms with Crippen molar-refractivity contribution in [1.29, 1.82) is 0 Å². The largest absolute Gasteiger partial charge is 0.480 e. The molecule has 1 heterocycles. The highest BCUT2D eigenvalue weighted by molar-refractivity contribution is 5.82. The predicted octanol–water partition coefficient (Wildman–Crippen LogP) is 0.441. The molecule has 6 heteroatoms. The van der Waals surface area contributed by atoms with Crippen molar-refractivity contribution in [3.8, 4) is 0 Å². The number of hydrogen-bond acceptors (Lipinski definition) is 3. The third kappa shape index (κ3) is 3.35. The molecular weight excluding hydrogens is 234 g/mol. The fourth-order valence-electron chi connectivity index (χ4n) is 2.37. The summed E-state index contributed by atoms with van der Waals surface area (Å²) in [4.78, 5) is 26.6. The van der Waals surface area contributed by atoms with Gasteiger partial charge in [-0.3, -0.25) is 0 Å². The van der Waals surface area contributed by atoms with Crippen LogP contribution in [-0.2, 0) is 4.79 Å². The van der Waals surface area contributed by atoms with Gasteiger partial charge in [-0.2, -0.15) is 0 Å². The third-order valence-corrected chi connectivity index (χ3v) is 3.53. The molecule has 0 bridgehead atoms. The summed E-state index contributed by atoms with van der Waals surface area (Å²) < 4.78 is 0. The van der Waals surface area contributed by atoms with E-state index in [9.17, 15) is 9.59 Å². The first-order chi connectivity index (χ1) is 8.36. The van der Waals surface area contributed by atoms with Crippen LogP contribution in [0.25, 0.3) is 0 Å². The minimum atomic E-state index is -0.984. The molecule has 3 unspecified atom stereocenters. The molecule has 0 aromatic rings. The van der Waals surface area contributed by atoms with Crippen molar-refractivity contribution in [2.24, 2.45) is 5.92 Å². The van der Waals surface area contributed by atoms with Crippen LogP contribution in [0.1, 0.15) is 20.3 Å². The summed E-state index contributed by atoms with van der Waals surface area (Å²) in [6, 6.07) is -0.743. The van der Waals surface area contributed by atoms with E-state index in [1.54, 1.807) is 11.8 Å². The van der Waals surface area contributed by atoms with Crippen LogP contribution in [0.3, 0.4) is 0 Å². The van der Waals surface area contributed by atoms with E-state index in [0.29, 0.717) is 31.5 Å². The zero-order chi connectivity index (χ0) is 13.9. The topological polar surface area (TPSA) is 72.9 Å². The van der Waals surface area contributed by atoms with Crippen molar-refractivity contribution in [2.75, 3.05) is 27.2 Å². The molecule has 0 aliphatic carbocycles. The standard InChI is InChI=1S/C12H23N3O3/c1-5-9(11(16)17)13-12(18)15-6-8(2)10(7-15)14(3)4/h8-10H,5-7H2,1-4H3,(H,13,18)(H,16,17). The van der Waals surface area contributed by atoms with Crippen LogP contribution < -0.4 is 5.32 Å². The maximum atomic E-state index is 12.0. The second-order valence-electron chi connectivity index (χ2n) is 5.16. The van der Waals surface area contributed by atoms with E-state index in [1.807, 2.05) is 14.1 Å². The number of nitrogens with zero attached hydrogens (tertiary/aromatic N) is 2. The Hall–Kier alpha value is -1.30. The molecule has 0 spiro atoms. The number of carbonyl (C=O) groups excluding carboxylic acids is 1. The lowest BCUT2D eigenvalue weighted by molar-refractivity contribution is -0.139. The van der Waals surface area contributed by atoms with Crippen molar-refractivity contribution in [2.45, 2.75) is 32.4 Å². The number of hydrogen-bond donors (Lipinski definition) is 2. The Balaban J connectivity index is 2.56. The van der Waals surface area contributed by atoms with Gasteiger partial charge in [-0.05, 0) is 26.4 Å². The maximum absolute atomic E-state index is 12.0. The Morgan fingerprint density at radius 3 is 2.44 bits per heavy atom. The van der Waals surface area contributed by atoms with E-state index >= 15 is 0 Å². The van der Waals surface area contributed by atoms with Gasteiger partial charge in [0, 0.05) is 19.1 Å². The molecule has 2 N–H and O–H groups in total. The van der Waals surface area contributed by atoms with Crippen LogP contribution in [0.4, 0.5) is 4.79 Å². The lowest BCUT2D eigenvalue weighted by Gasteiger charge is -2.23. The monoisotopic (exact) mass is 257 g/mol. The van der Waals surface area contributed by atoms with Crippen LogP contribution in [-0.4, -0.2) is 66.2 Å². The molecule has 2 amide bonds. The van der Waals surface area contributed by atoms with E-state index in [0.717, 1.165) is 0 Å². The van der Waals surface area contributed by atoms with Crippen molar-refractivity contribution in [1.82, 2.24) is 15.1 Å². The van der Waals surface area contributed by atoms with Crippen LogP contribution >= 0.6 is 0 Å². The first-order valence-electron chi connectivity index (χ1n) is 6.31. The number of rotatable bonds is 4. The fourth-order valence-corrected chi connectivity index (χ4v) is 2.37. The number of nitrogens with one attached hydrogen (secondary N) is 1. The van der Waals surface area contributed by atoms with Crippen molar-refractivity contribution < 1.29 is 14.7 Å².